The van der Waals surface area contributed by atoms with Crippen molar-refractivity contribution in [1.29, 1.82) is 0 Å². The number of anilines is 1. The Morgan fingerprint density at radius 2 is 2.12 bits per heavy atom. The summed E-state index contributed by atoms with van der Waals surface area (Å²) in [6.45, 7) is 1.94. The number of ether oxygens (including phenoxy) is 1. The van der Waals surface area contributed by atoms with Gasteiger partial charge >= 0.3 is 0 Å². The first-order valence-electron chi connectivity index (χ1n) is 11.2. The minimum atomic E-state index is -0.458. The van der Waals surface area contributed by atoms with Crippen molar-refractivity contribution < 1.29 is 23.5 Å². The molecule has 0 spiro atoms. The molecule has 0 saturated carbocycles. The molecule has 10 heteroatoms. The van der Waals surface area contributed by atoms with Gasteiger partial charge in [-0.2, -0.15) is 5.10 Å². The number of hydrogen-bond donors (Lipinski definition) is 2. The van der Waals surface area contributed by atoms with Gasteiger partial charge in [-0.05, 0) is 31.0 Å². The zero-order valence-electron chi connectivity index (χ0n) is 18.6. The maximum atomic E-state index is 13.4. The number of halogens is 1. The van der Waals surface area contributed by atoms with E-state index in [-0.39, 0.29) is 43.0 Å². The van der Waals surface area contributed by atoms with Gasteiger partial charge in [0.1, 0.15) is 5.82 Å². The van der Waals surface area contributed by atoms with Gasteiger partial charge in [-0.1, -0.05) is 6.07 Å². The molecule has 3 heterocycles. The normalized spacial score (nSPS) is 17.5. The fourth-order valence-corrected chi connectivity index (χ4v) is 4.24. The van der Waals surface area contributed by atoms with Crippen molar-refractivity contribution in [1.82, 2.24) is 20.0 Å². The Bertz CT molecular complexity index is 1050. The van der Waals surface area contributed by atoms with E-state index < -0.39 is 11.7 Å². The highest BCUT2D eigenvalue weighted by Crippen LogP contribution is 2.24. The minimum Gasteiger partial charge on any atom is -0.376 e. The van der Waals surface area contributed by atoms with Gasteiger partial charge in [0.05, 0.1) is 6.10 Å². The molecule has 0 unspecified atom stereocenters. The number of nitrogens with zero attached hydrogens (tertiary/aromatic N) is 3. The summed E-state index contributed by atoms with van der Waals surface area (Å²) < 4.78 is 20.6. The third-order valence-corrected chi connectivity index (χ3v) is 6.01. The molecule has 33 heavy (non-hydrogen) atoms. The van der Waals surface area contributed by atoms with Crippen molar-refractivity contribution in [2.75, 3.05) is 25.0 Å². The molecule has 2 aromatic rings. The van der Waals surface area contributed by atoms with E-state index >= 15 is 0 Å². The molecule has 0 bridgehead atoms. The molecule has 1 fully saturated rings. The van der Waals surface area contributed by atoms with Crippen LogP contribution in [0.5, 0.6) is 0 Å². The number of rotatable bonds is 7. The lowest BCUT2D eigenvalue weighted by molar-refractivity contribution is -0.134. The summed E-state index contributed by atoms with van der Waals surface area (Å²) in [5, 5.41) is 9.83. The van der Waals surface area contributed by atoms with Crippen LogP contribution in [0.3, 0.4) is 0 Å². The van der Waals surface area contributed by atoms with Crippen molar-refractivity contribution in [3.63, 3.8) is 0 Å². The number of benzene rings is 1. The molecular weight excluding hydrogens is 429 g/mol. The van der Waals surface area contributed by atoms with Gasteiger partial charge in [-0.15, -0.1) is 0 Å². The predicted molar refractivity (Wildman–Crippen MR) is 118 cm³/mol. The summed E-state index contributed by atoms with van der Waals surface area (Å²) in [5.74, 6) is -1.23. The number of carbonyl (C=O) groups is 3. The molecule has 9 nitrogen and oxygen atoms in total. The topological polar surface area (TPSA) is 106 Å². The maximum Gasteiger partial charge on any atom is 0.276 e. The molecule has 3 amide bonds. The summed E-state index contributed by atoms with van der Waals surface area (Å²) in [6.07, 6.45) is 2.77. The molecule has 2 aliphatic rings. The highest BCUT2D eigenvalue weighted by molar-refractivity contribution is 6.04. The van der Waals surface area contributed by atoms with Gasteiger partial charge in [0, 0.05) is 69.5 Å². The lowest BCUT2D eigenvalue weighted by Crippen LogP contribution is -2.38. The molecule has 176 valence electrons. The lowest BCUT2D eigenvalue weighted by Gasteiger charge is -2.27. The van der Waals surface area contributed by atoms with Crippen LogP contribution in [-0.4, -0.2) is 58.2 Å². The van der Waals surface area contributed by atoms with E-state index in [2.05, 4.69) is 15.7 Å². The van der Waals surface area contributed by atoms with E-state index in [0.717, 1.165) is 25.1 Å². The van der Waals surface area contributed by atoms with Gasteiger partial charge in [0.15, 0.2) is 5.69 Å². The van der Waals surface area contributed by atoms with Crippen LogP contribution in [0.2, 0.25) is 0 Å². The van der Waals surface area contributed by atoms with Crippen molar-refractivity contribution in [2.45, 2.75) is 44.8 Å². The van der Waals surface area contributed by atoms with Crippen LogP contribution in [0.25, 0.3) is 0 Å². The first kappa shape index (κ1) is 22.9. The Hall–Kier alpha value is -3.27. The standard InChI is InChI=1S/C23H28FN5O4/c1-28-19-9-10-29(21(31)8-7-20(30)25-13-17-6-3-11-33-17)14-18(19)22(27-28)23(32)26-16-5-2-4-15(24)12-16/h2,4-5,12,17H,3,6-11,13-14H2,1H3,(H,25,30)(H,26,32)/t17-/m0/s1. The van der Waals surface area contributed by atoms with E-state index in [4.69, 9.17) is 4.74 Å². The van der Waals surface area contributed by atoms with Crippen LogP contribution < -0.4 is 10.6 Å². The van der Waals surface area contributed by atoms with Gasteiger partial charge in [0.2, 0.25) is 11.8 Å². The Morgan fingerprint density at radius 3 is 2.88 bits per heavy atom. The highest BCUT2D eigenvalue weighted by atomic mass is 19.1. The monoisotopic (exact) mass is 457 g/mol. The maximum absolute atomic E-state index is 13.4. The van der Waals surface area contributed by atoms with Crippen LogP contribution >= 0.6 is 0 Å². The number of fused-ring (bicyclic) bond motifs is 1. The molecule has 1 aromatic heterocycles. The van der Waals surface area contributed by atoms with E-state index in [1.165, 1.54) is 18.2 Å². The molecule has 0 aliphatic carbocycles. The molecular formula is C23H28FN5O4. The van der Waals surface area contributed by atoms with Gasteiger partial charge < -0.3 is 20.3 Å². The second kappa shape index (κ2) is 10.1. The summed E-state index contributed by atoms with van der Waals surface area (Å²) in [7, 11) is 1.76. The molecule has 1 atom stereocenters. The number of amides is 3. The zero-order valence-corrected chi connectivity index (χ0v) is 18.6. The van der Waals surface area contributed by atoms with E-state index in [1.54, 1.807) is 22.7 Å². The fourth-order valence-electron chi connectivity index (χ4n) is 4.24. The van der Waals surface area contributed by atoms with Crippen LogP contribution in [0, 0.1) is 5.82 Å². The summed E-state index contributed by atoms with van der Waals surface area (Å²) >= 11 is 0. The van der Waals surface area contributed by atoms with Crippen LogP contribution in [0.1, 0.15) is 47.4 Å². The second-order valence-corrected chi connectivity index (χ2v) is 8.37. The SMILES string of the molecule is Cn1nc(C(=O)Nc2cccc(F)c2)c2c1CCN(C(=O)CCC(=O)NC[C@@H]1CCCO1)C2. The number of carbonyl (C=O) groups excluding carboxylic acids is 3. The van der Waals surface area contributed by atoms with Crippen molar-refractivity contribution in [3.8, 4) is 0 Å². The number of hydrogen-bond acceptors (Lipinski definition) is 5. The van der Waals surface area contributed by atoms with Crippen LogP contribution in [-0.2, 0) is 34.3 Å². The Balaban J connectivity index is 1.34. The summed E-state index contributed by atoms with van der Waals surface area (Å²) in [6, 6.07) is 5.63. The van der Waals surface area contributed by atoms with Gasteiger partial charge in [-0.3, -0.25) is 19.1 Å². The Labute approximate surface area is 191 Å². The smallest absolute Gasteiger partial charge is 0.276 e. The minimum absolute atomic E-state index is 0.0627. The van der Waals surface area contributed by atoms with E-state index in [9.17, 15) is 18.8 Å². The fraction of sp³-hybridized carbons (Fsp3) is 0.478. The summed E-state index contributed by atoms with van der Waals surface area (Å²) in [4.78, 5) is 39.3. The molecule has 2 N–H and O–H groups in total. The van der Waals surface area contributed by atoms with E-state index in [0.29, 0.717) is 30.8 Å². The Kier molecular flexibility index (Phi) is 7.02. The largest absolute Gasteiger partial charge is 0.376 e. The van der Waals surface area contributed by atoms with Crippen LogP contribution in [0.15, 0.2) is 24.3 Å². The molecule has 2 aliphatic heterocycles. The molecule has 1 saturated heterocycles. The van der Waals surface area contributed by atoms with Gasteiger partial charge in [0.25, 0.3) is 5.91 Å². The van der Waals surface area contributed by atoms with Crippen LogP contribution in [0.4, 0.5) is 10.1 Å². The zero-order chi connectivity index (χ0) is 23.4. The number of aryl methyl sites for hydroxylation is 1. The first-order chi connectivity index (χ1) is 15.9. The average molecular weight is 458 g/mol. The van der Waals surface area contributed by atoms with Crippen molar-refractivity contribution in [3.05, 3.63) is 47.0 Å². The highest BCUT2D eigenvalue weighted by Gasteiger charge is 2.29. The van der Waals surface area contributed by atoms with E-state index in [1.807, 2.05) is 0 Å². The second-order valence-electron chi connectivity index (χ2n) is 8.37. The molecule has 1 aromatic carbocycles. The number of nitrogens with one attached hydrogen (secondary N) is 2. The third kappa shape index (κ3) is 5.57. The Morgan fingerprint density at radius 1 is 1.27 bits per heavy atom. The summed E-state index contributed by atoms with van der Waals surface area (Å²) in [5.41, 5.74) is 2.10. The average Bonchev–Trinajstić information content (AvgIpc) is 3.44. The van der Waals surface area contributed by atoms with Crippen molar-refractivity contribution in [2.24, 2.45) is 7.05 Å². The first-order valence-corrected chi connectivity index (χ1v) is 11.2. The lowest BCUT2D eigenvalue weighted by atomic mass is 10.0. The molecule has 4 rings (SSSR count). The molecule has 0 radical (unpaired) electrons. The van der Waals surface area contributed by atoms with Crippen molar-refractivity contribution >= 4 is 23.4 Å². The van der Waals surface area contributed by atoms with Gasteiger partial charge in [-0.25, -0.2) is 4.39 Å². The third-order valence-electron chi connectivity index (χ3n) is 6.01. The number of aromatic nitrogens is 2. The quantitative estimate of drug-likeness (QED) is 0.659. The predicted octanol–water partition coefficient (Wildman–Crippen LogP) is 1.77.